The number of nitrogens with one attached hydrogen (secondary N) is 1. The summed E-state index contributed by atoms with van der Waals surface area (Å²) in [5.41, 5.74) is 3.96. The minimum atomic E-state index is -0.0695. The van der Waals surface area contributed by atoms with Gasteiger partial charge in [0, 0.05) is 22.8 Å². The van der Waals surface area contributed by atoms with E-state index in [0.717, 1.165) is 28.2 Å². The monoisotopic (exact) mass is 400 g/mol. The Bertz CT molecular complexity index is 950. The highest BCUT2D eigenvalue weighted by molar-refractivity contribution is 7.99. The van der Waals surface area contributed by atoms with E-state index in [0.29, 0.717) is 16.7 Å². The molecule has 3 aromatic rings. The molecule has 5 nitrogen and oxygen atoms in total. The second-order valence-electron chi connectivity index (χ2n) is 6.27. The van der Waals surface area contributed by atoms with Gasteiger partial charge < -0.3 is 9.88 Å². The molecule has 0 saturated carbocycles. The molecular formula is C20H21ClN4OS. The second-order valence-corrected chi connectivity index (χ2v) is 7.65. The van der Waals surface area contributed by atoms with E-state index in [9.17, 15) is 4.79 Å². The van der Waals surface area contributed by atoms with Crippen LogP contribution in [0.3, 0.4) is 0 Å². The quantitative estimate of drug-likeness (QED) is 0.593. The van der Waals surface area contributed by atoms with E-state index >= 15 is 0 Å². The Hall–Kier alpha value is -2.31. The minimum absolute atomic E-state index is 0.0695. The summed E-state index contributed by atoms with van der Waals surface area (Å²) >= 11 is 7.45. The Morgan fingerprint density at radius 3 is 2.56 bits per heavy atom. The van der Waals surface area contributed by atoms with Crippen molar-refractivity contribution < 1.29 is 4.79 Å². The summed E-state index contributed by atoms with van der Waals surface area (Å²) in [6, 6.07) is 13.5. The van der Waals surface area contributed by atoms with Crippen molar-refractivity contribution in [3.8, 4) is 11.4 Å². The highest BCUT2D eigenvalue weighted by Gasteiger charge is 2.15. The third-order valence-corrected chi connectivity index (χ3v) is 5.16. The molecule has 0 fully saturated rings. The van der Waals surface area contributed by atoms with Gasteiger partial charge in [0.05, 0.1) is 5.75 Å². The van der Waals surface area contributed by atoms with Gasteiger partial charge in [-0.15, -0.1) is 10.2 Å². The zero-order valence-electron chi connectivity index (χ0n) is 15.5. The lowest BCUT2D eigenvalue weighted by atomic mass is 10.1. The fraction of sp³-hybridized carbons (Fsp3) is 0.250. The van der Waals surface area contributed by atoms with Crippen molar-refractivity contribution in [3.05, 3.63) is 58.6 Å². The SMILES string of the molecule is CCn1c(SCC(=O)Nc2cc(C)cc(C)c2)nnc1-c1cccc(Cl)c1. The largest absolute Gasteiger partial charge is 0.325 e. The molecule has 1 amide bonds. The number of hydrogen-bond donors (Lipinski definition) is 1. The number of benzene rings is 2. The van der Waals surface area contributed by atoms with E-state index in [1.165, 1.54) is 11.8 Å². The smallest absolute Gasteiger partial charge is 0.234 e. The molecule has 2 aromatic carbocycles. The number of rotatable bonds is 6. The molecule has 0 aliphatic rings. The van der Waals surface area contributed by atoms with Gasteiger partial charge in [-0.05, 0) is 56.2 Å². The van der Waals surface area contributed by atoms with Gasteiger partial charge >= 0.3 is 0 Å². The Balaban J connectivity index is 1.70. The zero-order chi connectivity index (χ0) is 19.4. The van der Waals surface area contributed by atoms with Crippen molar-refractivity contribution >= 4 is 35.0 Å². The van der Waals surface area contributed by atoms with Crippen LogP contribution in [0.2, 0.25) is 5.02 Å². The Morgan fingerprint density at radius 1 is 1.15 bits per heavy atom. The highest BCUT2D eigenvalue weighted by Crippen LogP contribution is 2.26. The van der Waals surface area contributed by atoms with E-state index in [1.54, 1.807) is 0 Å². The third-order valence-electron chi connectivity index (χ3n) is 3.95. The van der Waals surface area contributed by atoms with Crippen LogP contribution in [0, 0.1) is 13.8 Å². The predicted octanol–water partition coefficient (Wildman–Crippen LogP) is 4.97. The standard InChI is InChI=1S/C20H21ClN4OS/c1-4-25-19(15-6-5-7-16(21)11-15)23-24-20(25)27-12-18(26)22-17-9-13(2)8-14(3)10-17/h5-11H,4,12H2,1-3H3,(H,22,26). The Labute approximate surface area is 168 Å². The van der Waals surface area contributed by atoms with Crippen LogP contribution in [0.1, 0.15) is 18.1 Å². The number of hydrogen-bond acceptors (Lipinski definition) is 4. The van der Waals surface area contributed by atoms with E-state index in [2.05, 4.69) is 21.6 Å². The van der Waals surface area contributed by atoms with Gasteiger partial charge in [-0.2, -0.15) is 0 Å². The molecule has 3 rings (SSSR count). The van der Waals surface area contributed by atoms with Crippen molar-refractivity contribution in [2.75, 3.05) is 11.1 Å². The lowest BCUT2D eigenvalue weighted by molar-refractivity contribution is -0.113. The first-order valence-corrected chi connectivity index (χ1v) is 10.0. The molecule has 0 atom stereocenters. The van der Waals surface area contributed by atoms with Gasteiger partial charge in [-0.25, -0.2) is 0 Å². The van der Waals surface area contributed by atoms with Crippen LogP contribution >= 0.6 is 23.4 Å². The molecule has 1 heterocycles. The van der Waals surface area contributed by atoms with Crippen LogP contribution in [0.4, 0.5) is 5.69 Å². The normalized spacial score (nSPS) is 10.8. The van der Waals surface area contributed by atoms with E-state index in [1.807, 2.05) is 61.7 Å². The molecule has 0 unspecified atom stereocenters. The molecule has 0 aliphatic heterocycles. The van der Waals surface area contributed by atoms with Gasteiger partial charge in [-0.3, -0.25) is 4.79 Å². The molecule has 0 saturated heterocycles. The van der Waals surface area contributed by atoms with Crippen LogP contribution in [0.5, 0.6) is 0 Å². The first-order chi connectivity index (χ1) is 13.0. The molecule has 1 N–H and O–H groups in total. The maximum Gasteiger partial charge on any atom is 0.234 e. The number of carbonyl (C=O) groups excluding carboxylic acids is 1. The fourth-order valence-corrected chi connectivity index (χ4v) is 3.89. The van der Waals surface area contributed by atoms with Crippen molar-refractivity contribution in [1.29, 1.82) is 0 Å². The minimum Gasteiger partial charge on any atom is -0.325 e. The van der Waals surface area contributed by atoms with Crippen molar-refractivity contribution in [1.82, 2.24) is 14.8 Å². The van der Waals surface area contributed by atoms with Crippen LogP contribution in [-0.2, 0) is 11.3 Å². The predicted molar refractivity (Wildman–Crippen MR) is 111 cm³/mol. The molecule has 140 valence electrons. The fourth-order valence-electron chi connectivity index (χ4n) is 2.90. The van der Waals surface area contributed by atoms with Gasteiger partial charge in [0.1, 0.15) is 0 Å². The number of aromatic nitrogens is 3. The lowest BCUT2D eigenvalue weighted by Gasteiger charge is -2.09. The summed E-state index contributed by atoms with van der Waals surface area (Å²) in [6.45, 7) is 6.75. The highest BCUT2D eigenvalue weighted by atomic mass is 35.5. The summed E-state index contributed by atoms with van der Waals surface area (Å²) in [5.74, 6) is 0.942. The summed E-state index contributed by atoms with van der Waals surface area (Å²) in [5, 5.41) is 12.8. The number of halogens is 1. The number of nitrogens with zero attached hydrogens (tertiary/aromatic N) is 3. The Kier molecular flexibility index (Phi) is 6.19. The Morgan fingerprint density at radius 2 is 1.89 bits per heavy atom. The van der Waals surface area contributed by atoms with E-state index in [-0.39, 0.29) is 11.7 Å². The molecule has 0 aliphatic carbocycles. The molecule has 0 bridgehead atoms. The summed E-state index contributed by atoms with van der Waals surface area (Å²) in [7, 11) is 0. The maximum atomic E-state index is 12.3. The first-order valence-electron chi connectivity index (χ1n) is 8.66. The molecule has 1 aromatic heterocycles. The topological polar surface area (TPSA) is 59.8 Å². The molecule has 7 heteroatoms. The molecule has 0 spiro atoms. The van der Waals surface area contributed by atoms with Gasteiger partial charge in [0.15, 0.2) is 11.0 Å². The summed E-state index contributed by atoms with van der Waals surface area (Å²) in [6.07, 6.45) is 0. The zero-order valence-corrected chi connectivity index (χ0v) is 17.1. The van der Waals surface area contributed by atoms with E-state index < -0.39 is 0 Å². The van der Waals surface area contributed by atoms with Gasteiger partial charge in [0.25, 0.3) is 0 Å². The van der Waals surface area contributed by atoms with Crippen LogP contribution in [0.15, 0.2) is 47.6 Å². The number of anilines is 1. The average Bonchev–Trinajstić information content (AvgIpc) is 3.02. The van der Waals surface area contributed by atoms with E-state index in [4.69, 9.17) is 11.6 Å². The second kappa shape index (κ2) is 8.59. The molecule has 27 heavy (non-hydrogen) atoms. The summed E-state index contributed by atoms with van der Waals surface area (Å²) < 4.78 is 1.99. The van der Waals surface area contributed by atoms with Crippen LogP contribution < -0.4 is 5.32 Å². The number of aryl methyl sites for hydroxylation is 2. The van der Waals surface area contributed by atoms with Crippen LogP contribution in [0.25, 0.3) is 11.4 Å². The maximum absolute atomic E-state index is 12.3. The summed E-state index contributed by atoms with van der Waals surface area (Å²) in [4.78, 5) is 12.3. The van der Waals surface area contributed by atoms with Crippen molar-refractivity contribution in [2.45, 2.75) is 32.5 Å². The number of carbonyl (C=O) groups is 1. The molecular weight excluding hydrogens is 380 g/mol. The van der Waals surface area contributed by atoms with Crippen LogP contribution in [-0.4, -0.2) is 26.4 Å². The number of thioether (sulfide) groups is 1. The first kappa shape index (κ1) is 19.5. The average molecular weight is 401 g/mol. The lowest BCUT2D eigenvalue weighted by Crippen LogP contribution is -2.15. The number of amides is 1. The molecule has 0 radical (unpaired) electrons. The van der Waals surface area contributed by atoms with Crippen molar-refractivity contribution in [2.24, 2.45) is 0 Å². The van der Waals surface area contributed by atoms with Crippen molar-refractivity contribution in [3.63, 3.8) is 0 Å². The van der Waals surface area contributed by atoms with Gasteiger partial charge in [0.2, 0.25) is 5.91 Å². The van der Waals surface area contributed by atoms with Gasteiger partial charge in [-0.1, -0.05) is 41.6 Å². The third kappa shape index (κ3) is 4.90.